The van der Waals surface area contributed by atoms with Gasteiger partial charge in [-0.1, -0.05) is 44.2 Å². The number of quaternary nitrogens is 1. The Bertz CT molecular complexity index is 374. The molecule has 0 N–H and O–H groups in total. The van der Waals surface area contributed by atoms with Crippen molar-refractivity contribution in [2.75, 3.05) is 13.1 Å². The van der Waals surface area contributed by atoms with Crippen LogP contribution in [-0.4, -0.2) is 21.6 Å². The van der Waals surface area contributed by atoms with Gasteiger partial charge in [0.15, 0.2) is 0 Å². The molecule has 1 nitrogen and oxygen atoms in total. The first kappa shape index (κ1) is 15.5. The average molecular weight is 356 g/mol. The molecule has 0 radical (unpaired) electrons. The van der Waals surface area contributed by atoms with Gasteiger partial charge in [0, 0.05) is 28.2 Å². The highest BCUT2D eigenvalue weighted by Crippen LogP contribution is 2.25. The zero-order valence-electron chi connectivity index (χ0n) is 11.4. The van der Waals surface area contributed by atoms with Crippen LogP contribution in [0.25, 0.3) is 0 Å². The fourth-order valence-corrected chi connectivity index (χ4v) is 3.33. The first-order chi connectivity index (χ1) is 8.68. The third kappa shape index (κ3) is 4.00. The Morgan fingerprint density at radius 2 is 1.72 bits per heavy atom. The van der Waals surface area contributed by atoms with Crippen molar-refractivity contribution in [1.29, 1.82) is 0 Å². The third-order valence-corrected chi connectivity index (χ3v) is 4.84. The Balaban J connectivity index is 2.98. The van der Waals surface area contributed by atoms with Gasteiger partial charge in [-0.05, 0) is 18.8 Å². The molecular formula is C16H23IN+. The number of nitrogens with zero attached hydrogens (tertiary/aromatic N) is 1. The van der Waals surface area contributed by atoms with Crippen molar-refractivity contribution in [1.82, 2.24) is 0 Å². The van der Waals surface area contributed by atoms with Crippen LogP contribution in [0.3, 0.4) is 0 Å². The Morgan fingerprint density at radius 1 is 1.17 bits per heavy atom. The lowest BCUT2D eigenvalue weighted by Gasteiger charge is -2.40. The first-order valence-electron chi connectivity index (χ1n) is 6.68. The second-order valence-electron chi connectivity index (χ2n) is 4.81. The van der Waals surface area contributed by atoms with Gasteiger partial charge in [0.2, 0.25) is 4.05 Å². The van der Waals surface area contributed by atoms with E-state index < -0.39 is 0 Å². The van der Waals surface area contributed by atoms with Gasteiger partial charge < -0.3 is 0 Å². The molecule has 1 atom stereocenters. The van der Waals surface area contributed by atoms with Crippen LogP contribution in [0.15, 0.2) is 30.3 Å². The van der Waals surface area contributed by atoms with Gasteiger partial charge in [-0.2, -0.15) is 0 Å². The van der Waals surface area contributed by atoms with Crippen LogP contribution >= 0.6 is 22.6 Å². The van der Waals surface area contributed by atoms with Crippen LogP contribution in [0.2, 0.25) is 0 Å². The van der Waals surface area contributed by atoms with Crippen LogP contribution in [0.4, 0.5) is 0 Å². The SMILES string of the molecule is C#CC(I)[N+](CCC)(CCC)Cc1ccccc1. The fourth-order valence-electron chi connectivity index (χ4n) is 2.57. The van der Waals surface area contributed by atoms with Crippen molar-refractivity contribution < 1.29 is 4.48 Å². The lowest BCUT2D eigenvalue weighted by Crippen LogP contribution is -2.52. The van der Waals surface area contributed by atoms with Crippen LogP contribution in [-0.2, 0) is 6.54 Å². The molecule has 18 heavy (non-hydrogen) atoms. The van der Waals surface area contributed by atoms with Gasteiger partial charge in [-0.3, -0.25) is 4.48 Å². The molecule has 1 aromatic rings. The van der Waals surface area contributed by atoms with E-state index >= 15 is 0 Å². The maximum atomic E-state index is 5.70. The minimum atomic E-state index is 0.253. The average Bonchev–Trinajstić information content (AvgIpc) is 2.39. The van der Waals surface area contributed by atoms with Crippen molar-refractivity contribution in [2.45, 2.75) is 37.3 Å². The summed E-state index contributed by atoms with van der Waals surface area (Å²) < 4.78 is 1.26. The van der Waals surface area contributed by atoms with E-state index in [2.05, 4.69) is 72.7 Å². The predicted octanol–water partition coefficient (Wildman–Crippen LogP) is 4.22. The van der Waals surface area contributed by atoms with Gasteiger partial charge in [0.1, 0.15) is 6.54 Å². The van der Waals surface area contributed by atoms with Crippen molar-refractivity contribution in [2.24, 2.45) is 0 Å². The van der Waals surface area contributed by atoms with Crippen LogP contribution in [0.1, 0.15) is 32.3 Å². The Hall–Kier alpha value is -0.530. The number of rotatable bonds is 7. The topological polar surface area (TPSA) is 0 Å². The zero-order valence-corrected chi connectivity index (χ0v) is 13.6. The summed E-state index contributed by atoms with van der Waals surface area (Å²) in [6.07, 6.45) is 8.05. The monoisotopic (exact) mass is 356 g/mol. The zero-order chi connectivity index (χ0) is 13.4. The minimum Gasteiger partial charge on any atom is -0.299 e. The normalized spacial score (nSPS) is 13.0. The van der Waals surface area contributed by atoms with Gasteiger partial charge >= 0.3 is 0 Å². The molecule has 0 aliphatic carbocycles. The summed E-state index contributed by atoms with van der Waals surface area (Å²) in [5.74, 6) is 2.95. The third-order valence-electron chi connectivity index (χ3n) is 3.30. The second kappa shape index (κ2) is 7.81. The van der Waals surface area contributed by atoms with Crippen LogP contribution in [0, 0.1) is 12.3 Å². The van der Waals surface area contributed by atoms with E-state index in [0.29, 0.717) is 0 Å². The van der Waals surface area contributed by atoms with Crippen LogP contribution < -0.4 is 0 Å². The van der Waals surface area contributed by atoms with Gasteiger partial charge in [0.05, 0.1) is 13.1 Å². The first-order valence-corrected chi connectivity index (χ1v) is 7.93. The summed E-state index contributed by atoms with van der Waals surface area (Å²) in [5, 5.41) is 0. The molecule has 0 aliphatic rings. The molecule has 1 unspecified atom stereocenters. The Labute approximate surface area is 125 Å². The molecule has 1 aromatic carbocycles. The van der Waals surface area contributed by atoms with E-state index in [4.69, 9.17) is 6.42 Å². The summed E-state index contributed by atoms with van der Waals surface area (Å²) in [6, 6.07) is 10.7. The predicted molar refractivity (Wildman–Crippen MR) is 87.4 cm³/mol. The lowest BCUT2D eigenvalue weighted by molar-refractivity contribution is -0.940. The van der Waals surface area contributed by atoms with Crippen molar-refractivity contribution >= 4 is 22.6 Å². The molecule has 0 aliphatic heterocycles. The highest BCUT2D eigenvalue weighted by atomic mass is 127. The van der Waals surface area contributed by atoms with Gasteiger partial charge in [-0.15, -0.1) is 6.42 Å². The molecule has 1 rings (SSSR count). The van der Waals surface area contributed by atoms with E-state index in [0.717, 1.165) is 24.1 Å². The molecule has 98 valence electrons. The lowest BCUT2D eigenvalue weighted by atomic mass is 10.1. The molecule has 0 saturated heterocycles. The van der Waals surface area contributed by atoms with E-state index in [1.165, 1.54) is 18.4 Å². The molecule has 0 aromatic heterocycles. The molecular weight excluding hydrogens is 333 g/mol. The quantitative estimate of drug-likeness (QED) is 0.226. The Morgan fingerprint density at radius 3 is 2.17 bits per heavy atom. The van der Waals surface area contributed by atoms with Crippen LogP contribution in [0.5, 0.6) is 0 Å². The van der Waals surface area contributed by atoms with E-state index in [1.54, 1.807) is 0 Å². The minimum absolute atomic E-state index is 0.253. The number of terminal acetylenes is 1. The summed E-state index contributed by atoms with van der Waals surface area (Å²) in [5.41, 5.74) is 1.39. The largest absolute Gasteiger partial charge is 0.299 e. The summed E-state index contributed by atoms with van der Waals surface area (Å²) in [6.45, 7) is 7.84. The molecule has 2 heteroatoms. The highest BCUT2D eigenvalue weighted by Gasteiger charge is 2.32. The van der Waals surface area contributed by atoms with E-state index in [-0.39, 0.29) is 4.05 Å². The number of halogens is 1. The standard InChI is InChI=1S/C16H23IN/c1-4-12-18(13-5-2,16(17)6-3)14-15-10-8-7-9-11-15/h3,7-11,16H,4-5,12-14H2,1-2H3/q+1. The Kier molecular flexibility index (Phi) is 6.73. The summed E-state index contributed by atoms with van der Waals surface area (Å²) >= 11 is 2.43. The number of hydrogen-bond acceptors (Lipinski definition) is 0. The highest BCUT2D eigenvalue weighted by molar-refractivity contribution is 14.1. The van der Waals surface area contributed by atoms with Crippen molar-refractivity contribution in [3.8, 4) is 12.3 Å². The number of benzene rings is 1. The van der Waals surface area contributed by atoms with Gasteiger partial charge in [0.25, 0.3) is 0 Å². The fraction of sp³-hybridized carbons (Fsp3) is 0.500. The maximum Gasteiger partial charge on any atom is 0.200 e. The molecule has 0 fully saturated rings. The summed E-state index contributed by atoms with van der Waals surface area (Å²) in [4.78, 5) is 0. The molecule has 0 spiro atoms. The molecule has 0 saturated carbocycles. The molecule has 0 heterocycles. The number of alkyl halides is 1. The molecule has 0 bridgehead atoms. The summed E-state index contributed by atoms with van der Waals surface area (Å²) in [7, 11) is 0. The van der Waals surface area contributed by atoms with Gasteiger partial charge in [-0.25, -0.2) is 0 Å². The van der Waals surface area contributed by atoms with Crippen molar-refractivity contribution in [3.63, 3.8) is 0 Å². The molecule has 0 amide bonds. The number of hydrogen-bond donors (Lipinski definition) is 0. The second-order valence-corrected chi connectivity index (χ2v) is 5.99. The maximum absolute atomic E-state index is 5.70. The van der Waals surface area contributed by atoms with E-state index in [9.17, 15) is 0 Å². The van der Waals surface area contributed by atoms with E-state index in [1.807, 2.05) is 0 Å². The smallest absolute Gasteiger partial charge is 0.200 e. The van der Waals surface area contributed by atoms with Crippen molar-refractivity contribution in [3.05, 3.63) is 35.9 Å².